The van der Waals surface area contributed by atoms with E-state index in [-0.39, 0.29) is 6.42 Å². The second-order valence-corrected chi connectivity index (χ2v) is 4.50. The summed E-state index contributed by atoms with van der Waals surface area (Å²) < 4.78 is 0. The van der Waals surface area contributed by atoms with E-state index in [4.69, 9.17) is 5.11 Å². The zero-order chi connectivity index (χ0) is 14.2. The van der Waals surface area contributed by atoms with Gasteiger partial charge in [0.1, 0.15) is 0 Å². The van der Waals surface area contributed by atoms with E-state index < -0.39 is 5.97 Å². The SMILES string of the molecule is O=C(O)CCN(Cc1ccccn1)Cc1ccccn1. The average molecular weight is 271 g/mol. The minimum atomic E-state index is -0.794. The molecule has 0 fully saturated rings. The summed E-state index contributed by atoms with van der Waals surface area (Å²) >= 11 is 0. The standard InChI is InChI=1S/C15H17N3O2/c19-15(20)7-10-18(11-13-5-1-3-8-16-13)12-14-6-2-4-9-17-14/h1-6,8-9H,7,10-12H2,(H,19,20). The minimum absolute atomic E-state index is 0.111. The van der Waals surface area contributed by atoms with Gasteiger partial charge in [0.25, 0.3) is 0 Å². The highest BCUT2D eigenvalue weighted by atomic mass is 16.4. The molecular formula is C15H17N3O2. The molecular weight excluding hydrogens is 254 g/mol. The van der Waals surface area contributed by atoms with Crippen molar-refractivity contribution in [1.29, 1.82) is 0 Å². The van der Waals surface area contributed by atoms with Gasteiger partial charge in [-0.3, -0.25) is 19.7 Å². The Bertz CT molecular complexity index is 490. The summed E-state index contributed by atoms with van der Waals surface area (Å²) in [6, 6.07) is 11.5. The van der Waals surface area contributed by atoms with Crippen molar-refractivity contribution in [3.63, 3.8) is 0 Å². The summed E-state index contributed by atoms with van der Waals surface area (Å²) in [5, 5.41) is 8.84. The third kappa shape index (κ3) is 4.78. The molecule has 2 heterocycles. The number of aliphatic carboxylic acids is 1. The van der Waals surface area contributed by atoms with Crippen LogP contribution in [0.5, 0.6) is 0 Å². The molecule has 0 saturated carbocycles. The van der Waals surface area contributed by atoms with Gasteiger partial charge in [-0.05, 0) is 24.3 Å². The Labute approximate surface area is 117 Å². The first-order chi connectivity index (χ1) is 9.74. The van der Waals surface area contributed by atoms with Gasteiger partial charge in [0, 0.05) is 32.0 Å². The van der Waals surface area contributed by atoms with E-state index >= 15 is 0 Å². The van der Waals surface area contributed by atoms with Crippen LogP contribution in [0.3, 0.4) is 0 Å². The summed E-state index contributed by atoms with van der Waals surface area (Å²) in [5.41, 5.74) is 1.85. The first-order valence-corrected chi connectivity index (χ1v) is 6.48. The van der Waals surface area contributed by atoms with Crippen LogP contribution in [0.2, 0.25) is 0 Å². The number of carboxylic acid groups (broad SMARTS) is 1. The Morgan fingerprint density at radius 2 is 1.55 bits per heavy atom. The Morgan fingerprint density at radius 1 is 1.00 bits per heavy atom. The minimum Gasteiger partial charge on any atom is -0.481 e. The molecule has 0 amide bonds. The summed E-state index contributed by atoms with van der Waals surface area (Å²) in [6.07, 6.45) is 3.59. The monoisotopic (exact) mass is 271 g/mol. The molecule has 2 rings (SSSR count). The lowest BCUT2D eigenvalue weighted by Gasteiger charge is -2.20. The third-order valence-corrected chi connectivity index (χ3v) is 2.87. The van der Waals surface area contributed by atoms with E-state index in [9.17, 15) is 4.79 Å². The Balaban J connectivity index is 2.02. The molecule has 5 nitrogen and oxygen atoms in total. The topological polar surface area (TPSA) is 66.3 Å². The van der Waals surface area contributed by atoms with Gasteiger partial charge in [-0.15, -0.1) is 0 Å². The third-order valence-electron chi connectivity index (χ3n) is 2.87. The quantitative estimate of drug-likeness (QED) is 0.833. The molecule has 2 aromatic heterocycles. The van der Waals surface area contributed by atoms with Gasteiger partial charge < -0.3 is 5.11 Å². The zero-order valence-electron chi connectivity index (χ0n) is 11.1. The van der Waals surface area contributed by atoms with Crippen LogP contribution in [0.4, 0.5) is 0 Å². The maximum Gasteiger partial charge on any atom is 0.304 e. The fraction of sp³-hybridized carbons (Fsp3) is 0.267. The van der Waals surface area contributed by atoms with Gasteiger partial charge in [0.15, 0.2) is 0 Å². The van der Waals surface area contributed by atoms with E-state index in [0.29, 0.717) is 19.6 Å². The van der Waals surface area contributed by atoms with E-state index in [0.717, 1.165) is 11.4 Å². The molecule has 2 aromatic rings. The molecule has 0 spiro atoms. The molecule has 0 aromatic carbocycles. The van der Waals surface area contributed by atoms with E-state index in [2.05, 4.69) is 9.97 Å². The van der Waals surface area contributed by atoms with Crippen LogP contribution >= 0.6 is 0 Å². The summed E-state index contributed by atoms with van der Waals surface area (Å²) in [6.45, 7) is 1.71. The highest BCUT2D eigenvalue weighted by Crippen LogP contribution is 2.07. The van der Waals surface area contributed by atoms with Gasteiger partial charge >= 0.3 is 5.97 Å². The molecule has 0 atom stereocenters. The maximum atomic E-state index is 10.8. The lowest BCUT2D eigenvalue weighted by Crippen LogP contribution is -2.26. The van der Waals surface area contributed by atoms with E-state index in [1.54, 1.807) is 12.4 Å². The number of pyridine rings is 2. The molecule has 0 unspecified atom stereocenters. The number of carbonyl (C=O) groups is 1. The largest absolute Gasteiger partial charge is 0.481 e. The maximum absolute atomic E-state index is 10.8. The molecule has 0 saturated heterocycles. The van der Waals surface area contributed by atoms with Crippen LogP contribution in [0.25, 0.3) is 0 Å². The Hall–Kier alpha value is -2.27. The first kappa shape index (κ1) is 14.1. The molecule has 0 aliphatic heterocycles. The highest BCUT2D eigenvalue weighted by Gasteiger charge is 2.10. The number of rotatable bonds is 7. The van der Waals surface area contributed by atoms with Gasteiger partial charge in [-0.2, -0.15) is 0 Å². The number of nitrogens with zero attached hydrogens (tertiary/aromatic N) is 3. The molecule has 0 radical (unpaired) electrons. The molecule has 20 heavy (non-hydrogen) atoms. The summed E-state index contributed by atoms with van der Waals surface area (Å²) in [7, 11) is 0. The molecule has 1 N–H and O–H groups in total. The second-order valence-electron chi connectivity index (χ2n) is 4.50. The van der Waals surface area contributed by atoms with Crippen molar-refractivity contribution in [2.45, 2.75) is 19.5 Å². The molecule has 5 heteroatoms. The van der Waals surface area contributed by atoms with Crippen molar-refractivity contribution < 1.29 is 9.90 Å². The van der Waals surface area contributed by atoms with Crippen molar-refractivity contribution in [2.75, 3.05) is 6.54 Å². The predicted molar refractivity (Wildman–Crippen MR) is 74.8 cm³/mol. The van der Waals surface area contributed by atoms with Gasteiger partial charge in [-0.1, -0.05) is 12.1 Å². The van der Waals surface area contributed by atoms with Crippen LogP contribution in [0.15, 0.2) is 48.8 Å². The van der Waals surface area contributed by atoms with Gasteiger partial charge in [0.2, 0.25) is 0 Å². The molecule has 104 valence electrons. The molecule has 0 aliphatic carbocycles. The number of aromatic nitrogens is 2. The lowest BCUT2D eigenvalue weighted by molar-refractivity contribution is -0.137. The Morgan fingerprint density at radius 3 is 1.95 bits per heavy atom. The number of carboxylic acids is 1. The van der Waals surface area contributed by atoms with Crippen molar-refractivity contribution >= 4 is 5.97 Å². The lowest BCUT2D eigenvalue weighted by atomic mass is 10.2. The first-order valence-electron chi connectivity index (χ1n) is 6.48. The van der Waals surface area contributed by atoms with Crippen molar-refractivity contribution in [1.82, 2.24) is 14.9 Å². The van der Waals surface area contributed by atoms with Crippen LogP contribution in [-0.2, 0) is 17.9 Å². The van der Waals surface area contributed by atoms with Crippen LogP contribution in [0.1, 0.15) is 17.8 Å². The smallest absolute Gasteiger partial charge is 0.304 e. The van der Waals surface area contributed by atoms with Crippen LogP contribution < -0.4 is 0 Å². The predicted octanol–water partition coefficient (Wildman–Crippen LogP) is 1.95. The normalized spacial score (nSPS) is 10.7. The molecule has 0 aliphatic rings. The van der Waals surface area contributed by atoms with Crippen molar-refractivity contribution in [3.8, 4) is 0 Å². The highest BCUT2D eigenvalue weighted by molar-refractivity contribution is 5.66. The number of hydrogen-bond acceptors (Lipinski definition) is 4. The fourth-order valence-electron chi connectivity index (χ4n) is 1.91. The summed E-state index contributed by atoms with van der Waals surface area (Å²) in [5.74, 6) is -0.794. The van der Waals surface area contributed by atoms with Crippen LogP contribution in [-0.4, -0.2) is 32.5 Å². The average Bonchev–Trinajstić information content (AvgIpc) is 2.47. The van der Waals surface area contributed by atoms with E-state index in [1.165, 1.54) is 0 Å². The molecule has 0 bridgehead atoms. The van der Waals surface area contributed by atoms with Crippen LogP contribution in [0, 0.1) is 0 Å². The fourth-order valence-corrected chi connectivity index (χ4v) is 1.91. The van der Waals surface area contributed by atoms with E-state index in [1.807, 2.05) is 41.3 Å². The summed E-state index contributed by atoms with van der Waals surface area (Å²) in [4.78, 5) is 21.3. The van der Waals surface area contributed by atoms with Gasteiger partial charge in [0.05, 0.1) is 17.8 Å². The second kappa shape index (κ2) is 7.35. The van der Waals surface area contributed by atoms with Crippen molar-refractivity contribution in [3.05, 3.63) is 60.2 Å². The van der Waals surface area contributed by atoms with Crippen molar-refractivity contribution in [2.24, 2.45) is 0 Å². The zero-order valence-corrected chi connectivity index (χ0v) is 11.1. The Kier molecular flexibility index (Phi) is 5.20. The number of hydrogen-bond donors (Lipinski definition) is 1. The van der Waals surface area contributed by atoms with Gasteiger partial charge in [-0.25, -0.2) is 0 Å².